The second-order valence-electron chi connectivity index (χ2n) is 5.01. The molecule has 1 saturated carbocycles. The Hall–Kier alpha value is -0.820. The van der Waals surface area contributed by atoms with Crippen molar-refractivity contribution in [1.82, 2.24) is 5.32 Å². The molecule has 19 heavy (non-hydrogen) atoms. The molecule has 0 bridgehead atoms. The lowest BCUT2D eigenvalue weighted by atomic mass is 9.86. The van der Waals surface area contributed by atoms with Crippen LogP contribution >= 0.6 is 0 Å². The molecule has 0 aliphatic heterocycles. The standard InChI is InChI=1S/C12H21F3N2O2/c13-12(14,15)8-19-5-4-11(18)17-7-9-2-1-3-10(16)6-9/h9-10H,1-8,16H2,(H,17,18). The Morgan fingerprint density at radius 1 is 1.37 bits per heavy atom. The van der Waals surface area contributed by atoms with Crippen LogP contribution in [-0.4, -0.2) is 37.9 Å². The smallest absolute Gasteiger partial charge is 0.372 e. The van der Waals surface area contributed by atoms with Crippen LogP contribution in [0.5, 0.6) is 0 Å². The van der Waals surface area contributed by atoms with Gasteiger partial charge in [-0.2, -0.15) is 13.2 Å². The Kier molecular flexibility index (Phi) is 6.57. The zero-order valence-electron chi connectivity index (χ0n) is 10.8. The number of hydrogen-bond donors (Lipinski definition) is 2. The minimum atomic E-state index is -4.34. The molecule has 0 heterocycles. The summed E-state index contributed by atoms with van der Waals surface area (Å²) in [5, 5.41) is 2.71. The lowest BCUT2D eigenvalue weighted by Crippen LogP contribution is -2.36. The highest BCUT2D eigenvalue weighted by molar-refractivity contribution is 5.75. The van der Waals surface area contributed by atoms with Gasteiger partial charge in [-0.3, -0.25) is 4.79 Å². The minimum Gasteiger partial charge on any atom is -0.372 e. The molecule has 2 atom stereocenters. The number of amides is 1. The zero-order chi connectivity index (χ0) is 14.3. The normalized spacial score (nSPS) is 24.2. The predicted octanol–water partition coefficient (Wildman–Crippen LogP) is 1.59. The monoisotopic (exact) mass is 282 g/mol. The van der Waals surface area contributed by atoms with E-state index in [1.165, 1.54) is 0 Å². The Morgan fingerprint density at radius 2 is 2.11 bits per heavy atom. The summed E-state index contributed by atoms with van der Waals surface area (Å²) in [5.41, 5.74) is 5.83. The van der Waals surface area contributed by atoms with E-state index in [0.717, 1.165) is 25.7 Å². The summed E-state index contributed by atoms with van der Waals surface area (Å²) in [4.78, 5) is 11.4. The van der Waals surface area contributed by atoms with Crippen LogP contribution in [-0.2, 0) is 9.53 Å². The van der Waals surface area contributed by atoms with Crippen LogP contribution in [0.1, 0.15) is 32.1 Å². The Labute approximate surface area is 110 Å². The molecular weight excluding hydrogens is 261 g/mol. The third kappa shape index (κ3) is 8.05. The maximum atomic E-state index is 11.8. The van der Waals surface area contributed by atoms with Gasteiger partial charge < -0.3 is 15.8 Å². The van der Waals surface area contributed by atoms with E-state index in [1.54, 1.807) is 0 Å². The maximum absolute atomic E-state index is 11.8. The first-order chi connectivity index (χ1) is 8.87. The number of halogens is 3. The first-order valence-electron chi connectivity index (χ1n) is 6.53. The van der Waals surface area contributed by atoms with Crippen LogP contribution in [0.15, 0.2) is 0 Å². The van der Waals surface area contributed by atoms with E-state index in [-0.39, 0.29) is 25.0 Å². The molecule has 7 heteroatoms. The summed E-state index contributed by atoms with van der Waals surface area (Å²) in [7, 11) is 0. The van der Waals surface area contributed by atoms with Gasteiger partial charge in [0.25, 0.3) is 0 Å². The van der Waals surface area contributed by atoms with Crippen molar-refractivity contribution < 1.29 is 22.7 Å². The van der Waals surface area contributed by atoms with E-state index in [0.29, 0.717) is 12.5 Å². The van der Waals surface area contributed by atoms with Gasteiger partial charge in [-0.1, -0.05) is 6.42 Å². The molecule has 0 aromatic rings. The average molecular weight is 282 g/mol. The van der Waals surface area contributed by atoms with Gasteiger partial charge in [0.15, 0.2) is 0 Å². The molecule has 2 unspecified atom stereocenters. The molecule has 4 nitrogen and oxygen atoms in total. The van der Waals surface area contributed by atoms with Crippen LogP contribution in [0.4, 0.5) is 13.2 Å². The molecule has 1 amide bonds. The highest BCUT2D eigenvalue weighted by Crippen LogP contribution is 2.22. The SMILES string of the molecule is NC1CCCC(CNC(=O)CCOCC(F)(F)F)C1. The largest absolute Gasteiger partial charge is 0.411 e. The summed E-state index contributed by atoms with van der Waals surface area (Å²) in [6.45, 7) is -0.973. The molecule has 1 aliphatic carbocycles. The number of nitrogens with one attached hydrogen (secondary N) is 1. The topological polar surface area (TPSA) is 64.3 Å². The summed E-state index contributed by atoms with van der Waals surface area (Å²) >= 11 is 0. The van der Waals surface area contributed by atoms with Gasteiger partial charge in [0.05, 0.1) is 6.61 Å². The number of ether oxygens (including phenoxy) is 1. The molecule has 1 fully saturated rings. The fourth-order valence-electron chi connectivity index (χ4n) is 2.22. The molecule has 0 spiro atoms. The van der Waals surface area contributed by atoms with Gasteiger partial charge >= 0.3 is 6.18 Å². The fourth-order valence-corrected chi connectivity index (χ4v) is 2.22. The number of nitrogens with two attached hydrogens (primary N) is 1. The van der Waals surface area contributed by atoms with E-state index in [9.17, 15) is 18.0 Å². The average Bonchev–Trinajstić information content (AvgIpc) is 2.31. The van der Waals surface area contributed by atoms with Crippen molar-refractivity contribution >= 4 is 5.91 Å². The van der Waals surface area contributed by atoms with Crippen LogP contribution in [0, 0.1) is 5.92 Å². The van der Waals surface area contributed by atoms with Gasteiger partial charge in [-0.25, -0.2) is 0 Å². The van der Waals surface area contributed by atoms with Crippen molar-refractivity contribution in [3.8, 4) is 0 Å². The molecule has 1 rings (SSSR count). The second-order valence-corrected chi connectivity index (χ2v) is 5.01. The lowest BCUT2D eigenvalue weighted by molar-refractivity contribution is -0.174. The summed E-state index contributed by atoms with van der Waals surface area (Å²) in [6.07, 6.45) is -0.362. The van der Waals surface area contributed by atoms with Crippen molar-refractivity contribution in [2.75, 3.05) is 19.8 Å². The van der Waals surface area contributed by atoms with Crippen molar-refractivity contribution in [2.45, 2.75) is 44.3 Å². The van der Waals surface area contributed by atoms with Gasteiger partial charge in [0.1, 0.15) is 6.61 Å². The number of alkyl halides is 3. The van der Waals surface area contributed by atoms with Crippen LogP contribution in [0.3, 0.4) is 0 Å². The van der Waals surface area contributed by atoms with Gasteiger partial charge in [0.2, 0.25) is 5.91 Å². The first-order valence-corrected chi connectivity index (χ1v) is 6.53. The molecule has 0 saturated heterocycles. The highest BCUT2D eigenvalue weighted by Gasteiger charge is 2.27. The van der Waals surface area contributed by atoms with E-state index >= 15 is 0 Å². The zero-order valence-corrected chi connectivity index (χ0v) is 10.8. The molecule has 0 radical (unpaired) electrons. The van der Waals surface area contributed by atoms with E-state index in [1.807, 2.05) is 0 Å². The van der Waals surface area contributed by atoms with E-state index < -0.39 is 12.8 Å². The van der Waals surface area contributed by atoms with Crippen molar-refractivity contribution in [2.24, 2.45) is 11.7 Å². The van der Waals surface area contributed by atoms with Crippen molar-refractivity contribution in [3.63, 3.8) is 0 Å². The molecular formula is C12H21F3N2O2. The quantitative estimate of drug-likeness (QED) is 0.727. The summed E-state index contributed by atoms with van der Waals surface area (Å²) in [5.74, 6) is 0.102. The molecule has 1 aliphatic rings. The van der Waals surface area contributed by atoms with Crippen molar-refractivity contribution in [1.29, 1.82) is 0 Å². The molecule has 0 aromatic carbocycles. The van der Waals surface area contributed by atoms with Gasteiger partial charge in [-0.15, -0.1) is 0 Å². The lowest BCUT2D eigenvalue weighted by Gasteiger charge is -2.26. The minimum absolute atomic E-state index is 0.0468. The van der Waals surface area contributed by atoms with Gasteiger partial charge in [-0.05, 0) is 25.2 Å². The number of carbonyl (C=O) groups is 1. The Morgan fingerprint density at radius 3 is 2.74 bits per heavy atom. The number of hydrogen-bond acceptors (Lipinski definition) is 3. The molecule has 3 N–H and O–H groups in total. The fraction of sp³-hybridized carbons (Fsp3) is 0.917. The molecule has 112 valence electrons. The van der Waals surface area contributed by atoms with Crippen molar-refractivity contribution in [3.05, 3.63) is 0 Å². The predicted molar refractivity (Wildman–Crippen MR) is 64.4 cm³/mol. The van der Waals surface area contributed by atoms with Gasteiger partial charge in [0, 0.05) is 19.0 Å². The molecule has 0 aromatic heterocycles. The third-order valence-corrected chi connectivity index (χ3v) is 3.15. The number of carbonyl (C=O) groups excluding carboxylic acids is 1. The van der Waals surface area contributed by atoms with Crippen LogP contribution < -0.4 is 11.1 Å². The van der Waals surface area contributed by atoms with E-state index in [2.05, 4.69) is 10.1 Å². The summed E-state index contributed by atoms with van der Waals surface area (Å²) in [6, 6.07) is 0.200. The third-order valence-electron chi connectivity index (χ3n) is 3.15. The Bertz CT molecular complexity index is 285. The second kappa shape index (κ2) is 7.69. The maximum Gasteiger partial charge on any atom is 0.411 e. The van der Waals surface area contributed by atoms with Crippen LogP contribution in [0.2, 0.25) is 0 Å². The van der Waals surface area contributed by atoms with E-state index in [4.69, 9.17) is 5.73 Å². The summed E-state index contributed by atoms with van der Waals surface area (Å²) < 4.78 is 39.7. The number of rotatable bonds is 6. The first kappa shape index (κ1) is 16.2. The van der Waals surface area contributed by atoms with Crippen LogP contribution in [0.25, 0.3) is 0 Å². The Balaban J connectivity index is 2.04. The highest BCUT2D eigenvalue weighted by atomic mass is 19.4.